The van der Waals surface area contributed by atoms with E-state index in [4.69, 9.17) is 0 Å². The van der Waals surface area contributed by atoms with Gasteiger partial charge in [-0.25, -0.2) is 4.79 Å². The Bertz CT molecular complexity index is 793. The van der Waals surface area contributed by atoms with Crippen LogP contribution in [0.4, 0.5) is 4.79 Å². The van der Waals surface area contributed by atoms with E-state index < -0.39 is 0 Å². The maximum Gasteiger partial charge on any atom is 0.327 e. The molecule has 2 aromatic carbocycles. The van der Waals surface area contributed by atoms with Gasteiger partial charge in [0, 0.05) is 7.05 Å². The Morgan fingerprint density at radius 3 is 2.12 bits per heavy atom. The second-order valence-electron chi connectivity index (χ2n) is 6.73. The Balaban J connectivity index is 1.61. The molecule has 0 bridgehead atoms. The van der Waals surface area contributed by atoms with Crippen LogP contribution in [0.2, 0.25) is 0 Å². The fourth-order valence-electron chi connectivity index (χ4n) is 3.65. The predicted molar refractivity (Wildman–Crippen MR) is 94.8 cm³/mol. The van der Waals surface area contributed by atoms with Gasteiger partial charge in [0.25, 0.3) is 0 Å². The average Bonchev–Trinajstić information content (AvgIpc) is 3.42. The van der Waals surface area contributed by atoms with Crippen molar-refractivity contribution in [2.24, 2.45) is 0 Å². The number of hydrogen-bond donors (Lipinski definition) is 1. The molecule has 2 aliphatic rings. The molecule has 25 heavy (non-hydrogen) atoms. The number of imide groups is 1. The molecule has 0 unspecified atom stereocenters. The molecule has 0 aliphatic carbocycles. The molecule has 4 atom stereocenters. The van der Waals surface area contributed by atoms with Crippen molar-refractivity contribution in [3.05, 3.63) is 71.8 Å². The van der Waals surface area contributed by atoms with E-state index in [0.29, 0.717) is 0 Å². The molecule has 5 nitrogen and oxygen atoms in total. The molecule has 0 radical (unpaired) electrons. The summed E-state index contributed by atoms with van der Waals surface area (Å²) in [7, 11) is 1.76. The molecule has 2 saturated heterocycles. The van der Waals surface area contributed by atoms with E-state index in [1.807, 2.05) is 67.6 Å². The van der Waals surface area contributed by atoms with Gasteiger partial charge in [-0.3, -0.25) is 15.0 Å². The zero-order chi connectivity index (χ0) is 17.6. The molecule has 2 aliphatic heterocycles. The van der Waals surface area contributed by atoms with Gasteiger partial charge in [-0.05, 0) is 18.1 Å². The molecule has 0 spiro atoms. The van der Waals surface area contributed by atoms with Crippen LogP contribution in [0.5, 0.6) is 0 Å². The number of hydrogen-bond acceptors (Lipinski definition) is 3. The first kappa shape index (κ1) is 15.8. The van der Waals surface area contributed by atoms with Gasteiger partial charge in [-0.15, -0.1) is 0 Å². The summed E-state index contributed by atoms with van der Waals surface area (Å²) in [4.78, 5) is 28.9. The third kappa shape index (κ3) is 2.61. The van der Waals surface area contributed by atoms with Gasteiger partial charge < -0.3 is 4.90 Å². The fraction of sp³-hybridized carbons (Fsp3) is 0.300. The topological polar surface area (TPSA) is 62.6 Å². The summed E-state index contributed by atoms with van der Waals surface area (Å²) in [5.74, 6) is -0.149. The highest BCUT2D eigenvalue weighted by Crippen LogP contribution is 2.38. The Morgan fingerprint density at radius 1 is 0.960 bits per heavy atom. The summed E-state index contributed by atoms with van der Waals surface area (Å²) >= 11 is 0. The van der Waals surface area contributed by atoms with Crippen LogP contribution in [0.25, 0.3) is 0 Å². The highest BCUT2D eigenvalue weighted by atomic mass is 16.2. The smallest absolute Gasteiger partial charge is 0.322 e. The average molecular weight is 335 g/mol. The third-order valence-corrected chi connectivity index (χ3v) is 5.24. The van der Waals surface area contributed by atoms with Crippen LogP contribution in [-0.2, 0) is 4.79 Å². The summed E-state index contributed by atoms with van der Waals surface area (Å²) in [5, 5.41) is 3.22. The van der Waals surface area contributed by atoms with E-state index in [2.05, 4.69) is 5.32 Å². The summed E-state index contributed by atoms with van der Waals surface area (Å²) in [6.07, 6.45) is 0. The number of benzene rings is 2. The van der Waals surface area contributed by atoms with E-state index in [0.717, 1.165) is 11.1 Å². The molecule has 4 rings (SSSR count). The minimum absolute atomic E-state index is 0.0147. The van der Waals surface area contributed by atoms with Crippen molar-refractivity contribution in [1.29, 1.82) is 0 Å². The van der Waals surface area contributed by atoms with Crippen molar-refractivity contribution in [3.8, 4) is 0 Å². The highest BCUT2D eigenvalue weighted by molar-refractivity contribution is 6.01. The van der Waals surface area contributed by atoms with Crippen LogP contribution in [0.15, 0.2) is 60.7 Å². The molecule has 0 saturated carbocycles. The molecule has 1 N–H and O–H groups in total. The van der Waals surface area contributed by atoms with Crippen LogP contribution >= 0.6 is 0 Å². The zero-order valence-electron chi connectivity index (χ0n) is 14.3. The number of nitrogens with zero attached hydrogens (tertiary/aromatic N) is 2. The number of nitrogens with one attached hydrogen (secondary N) is 1. The number of carbonyl (C=O) groups excluding carboxylic acids is 2. The lowest BCUT2D eigenvalue weighted by Crippen LogP contribution is -2.39. The van der Waals surface area contributed by atoms with E-state index >= 15 is 0 Å². The maximum atomic E-state index is 13.1. The van der Waals surface area contributed by atoms with Gasteiger partial charge in [0.05, 0.1) is 18.1 Å². The zero-order valence-corrected chi connectivity index (χ0v) is 14.3. The van der Waals surface area contributed by atoms with E-state index in [9.17, 15) is 9.59 Å². The predicted octanol–water partition coefficient (Wildman–Crippen LogP) is 2.72. The summed E-state index contributed by atoms with van der Waals surface area (Å²) in [6.45, 7) is 1.98. The van der Waals surface area contributed by atoms with Crippen LogP contribution in [-0.4, -0.2) is 40.9 Å². The Labute approximate surface area is 147 Å². The molecule has 5 heteroatoms. The van der Waals surface area contributed by atoms with Crippen molar-refractivity contribution < 1.29 is 9.59 Å². The first-order valence-electron chi connectivity index (χ1n) is 8.55. The number of likely N-dealkylation sites (N-methyl/N-ethyl adjacent to an activating group) is 1. The Morgan fingerprint density at radius 2 is 1.52 bits per heavy atom. The quantitative estimate of drug-likeness (QED) is 0.877. The van der Waals surface area contributed by atoms with Crippen molar-refractivity contribution in [1.82, 2.24) is 15.1 Å². The van der Waals surface area contributed by atoms with Crippen molar-refractivity contribution in [2.75, 3.05) is 7.05 Å². The highest BCUT2D eigenvalue weighted by Gasteiger charge is 2.53. The van der Waals surface area contributed by atoms with Gasteiger partial charge in [0.1, 0.15) is 6.04 Å². The first-order chi connectivity index (χ1) is 12.1. The number of amides is 3. The van der Waals surface area contributed by atoms with Crippen LogP contribution in [0.1, 0.15) is 30.1 Å². The van der Waals surface area contributed by atoms with Crippen LogP contribution in [0, 0.1) is 0 Å². The van der Waals surface area contributed by atoms with Crippen LogP contribution < -0.4 is 5.32 Å². The van der Waals surface area contributed by atoms with Gasteiger partial charge in [0.2, 0.25) is 5.91 Å². The molecular weight excluding hydrogens is 314 g/mol. The summed E-state index contributed by atoms with van der Waals surface area (Å²) in [6, 6.07) is 18.7. The van der Waals surface area contributed by atoms with E-state index in [-0.39, 0.29) is 36.1 Å². The van der Waals surface area contributed by atoms with E-state index in [1.54, 1.807) is 11.9 Å². The van der Waals surface area contributed by atoms with Crippen LogP contribution in [0.3, 0.4) is 0 Å². The molecule has 2 aromatic rings. The standard InChI is InChI=1S/C20H21N3O2/c1-13-18(15-11-7-4-8-12-15)23(20(25)22(13)2)19(24)17-16(21-17)14-9-5-3-6-10-14/h3-13,16-18,21H,1-2H3/t13-,16+,17+,18-/m1/s1. The maximum absolute atomic E-state index is 13.1. The second-order valence-corrected chi connectivity index (χ2v) is 6.73. The van der Waals surface area contributed by atoms with Crippen molar-refractivity contribution in [2.45, 2.75) is 31.1 Å². The van der Waals surface area contributed by atoms with Crippen molar-refractivity contribution >= 4 is 11.9 Å². The summed E-state index contributed by atoms with van der Waals surface area (Å²) in [5.41, 5.74) is 2.06. The second kappa shape index (κ2) is 6.01. The van der Waals surface area contributed by atoms with Crippen molar-refractivity contribution in [3.63, 3.8) is 0 Å². The monoisotopic (exact) mass is 335 g/mol. The molecule has 3 amide bonds. The normalized spacial score (nSPS) is 28.3. The lowest BCUT2D eigenvalue weighted by Gasteiger charge is -2.24. The fourth-order valence-corrected chi connectivity index (χ4v) is 3.65. The van der Waals surface area contributed by atoms with Gasteiger partial charge in [-0.2, -0.15) is 0 Å². The van der Waals surface area contributed by atoms with Gasteiger partial charge in [-0.1, -0.05) is 60.7 Å². The molecule has 128 valence electrons. The third-order valence-electron chi connectivity index (χ3n) is 5.24. The Kier molecular flexibility index (Phi) is 3.81. The number of carbonyl (C=O) groups is 2. The summed E-state index contributed by atoms with van der Waals surface area (Å²) < 4.78 is 0. The van der Waals surface area contributed by atoms with Gasteiger partial charge in [0.15, 0.2) is 0 Å². The number of urea groups is 1. The lowest BCUT2D eigenvalue weighted by atomic mass is 10.00. The molecule has 2 fully saturated rings. The number of rotatable bonds is 3. The Hall–Kier alpha value is -2.66. The molecule has 0 aromatic heterocycles. The molecular formula is C20H21N3O2. The van der Waals surface area contributed by atoms with E-state index in [1.165, 1.54) is 4.90 Å². The molecule has 2 heterocycles. The first-order valence-corrected chi connectivity index (χ1v) is 8.55. The SMILES string of the molecule is C[C@@H]1[C@H](c2ccccc2)N(C(=O)[C@H]2N[C@H]2c2ccccc2)C(=O)N1C. The van der Waals surface area contributed by atoms with Gasteiger partial charge >= 0.3 is 6.03 Å². The largest absolute Gasteiger partial charge is 0.327 e. The minimum atomic E-state index is -0.337. The lowest BCUT2D eigenvalue weighted by molar-refractivity contribution is -0.129. The minimum Gasteiger partial charge on any atom is -0.322 e.